The summed E-state index contributed by atoms with van der Waals surface area (Å²) in [7, 11) is 17.4. The first-order chi connectivity index (χ1) is 28.4. The van der Waals surface area contributed by atoms with E-state index in [1.54, 1.807) is 0 Å². The van der Waals surface area contributed by atoms with Gasteiger partial charge in [0.15, 0.2) is 0 Å². The van der Waals surface area contributed by atoms with E-state index in [4.69, 9.17) is 0 Å². The Morgan fingerprint density at radius 2 is 0.517 bits per heavy atom. The summed E-state index contributed by atoms with van der Waals surface area (Å²) in [6.07, 6.45) is 0. The minimum absolute atomic E-state index is 1.02. The van der Waals surface area contributed by atoms with E-state index in [-0.39, 0.29) is 0 Å². The summed E-state index contributed by atoms with van der Waals surface area (Å²) in [6.45, 7) is 17.6. The van der Waals surface area contributed by atoms with Crippen LogP contribution < -0.4 is 39.7 Å². The zero-order chi connectivity index (χ0) is 43.0. The zero-order valence-electron chi connectivity index (χ0n) is 38.2. The summed E-state index contributed by atoms with van der Waals surface area (Å²) in [5.41, 5.74) is 18.2. The highest BCUT2D eigenvalue weighted by Gasteiger charge is 2.34. The van der Waals surface area contributed by atoms with Gasteiger partial charge in [-0.1, -0.05) is 0 Å². The Balaban J connectivity index is 1.52. The van der Waals surface area contributed by atoms with Crippen LogP contribution in [0.2, 0.25) is 0 Å². The van der Waals surface area contributed by atoms with Gasteiger partial charge >= 0.3 is 0 Å². The van der Waals surface area contributed by atoms with Gasteiger partial charge in [0.1, 0.15) is 67.8 Å². The lowest BCUT2D eigenvalue weighted by atomic mass is 10.1. The van der Waals surface area contributed by atoms with Crippen LogP contribution >= 0.6 is 0 Å². The number of nitrogens with zero attached hydrogens (tertiary/aromatic N) is 8. The number of imidazole rings is 4. The first kappa shape index (κ1) is 38.9. The van der Waals surface area contributed by atoms with Crippen molar-refractivity contribution >= 4 is 22.3 Å². The standard InChI is InChI=1S/C48H58N12/c1-25-26(2)54(10)45(53(25)9)41-33-17-19-35(49-33)42(46-55(11)27(3)28(4)56(46)12)37-21-23-39(51-37)44(48-59(15)31(7)32(8)60(48)16)40-24-22-38(52-40)43(36-20-18-34(41)50-36)47-57(13)29(5)30(6)58(47)14/h17-24H,1-16H3,(H2,49,50,51,52)/q+2/p+2. The highest BCUT2D eigenvalue weighted by molar-refractivity contribution is 5.80. The van der Waals surface area contributed by atoms with Crippen LogP contribution in [0.3, 0.4) is 0 Å². The van der Waals surface area contributed by atoms with E-state index in [0.717, 1.165) is 89.8 Å². The van der Waals surface area contributed by atoms with Crippen LogP contribution in [0.5, 0.6) is 0 Å². The molecule has 308 valence electrons. The fourth-order valence-electron chi connectivity index (χ4n) is 9.75. The van der Waals surface area contributed by atoms with Crippen molar-refractivity contribution in [3.05, 3.63) is 162 Å². The van der Waals surface area contributed by atoms with Crippen molar-refractivity contribution in [3.8, 4) is 0 Å². The molecule has 8 aromatic heterocycles. The molecule has 0 aliphatic carbocycles. The minimum Gasteiger partial charge on any atom is -0.354 e. The molecule has 1 aliphatic rings. The molecule has 0 saturated carbocycles. The Hall–Kier alpha value is -6.56. The second kappa shape index (κ2) is 13.5. The molecule has 0 spiro atoms. The van der Waals surface area contributed by atoms with Crippen LogP contribution in [0.4, 0.5) is 0 Å². The van der Waals surface area contributed by atoms with Gasteiger partial charge in [0.25, 0.3) is 23.3 Å². The number of H-pyrrole nitrogens is 4. The van der Waals surface area contributed by atoms with Crippen LogP contribution in [-0.2, 0) is 56.4 Å². The molecule has 12 heteroatoms. The molecule has 0 radical (unpaired) electrons. The van der Waals surface area contributed by atoms with Crippen LogP contribution in [-0.4, -0.2) is 38.2 Å². The van der Waals surface area contributed by atoms with Crippen LogP contribution in [0.25, 0.3) is 22.3 Å². The number of aromatic nitrogens is 12. The molecule has 60 heavy (non-hydrogen) atoms. The maximum Gasteiger partial charge on any atom is 0.293 e. The molecule has 0 saturated heterocycles. The molecule has 0 aromatic carbocycles. The average molecular weight is 805 g/mol. The summed E-state index contributed by atoms with van der Waals surface area (Å²) in [6, 6.07) is 17.9. The van der Waals surface area contributed by atoms with E-state index < -0.39 is 0 Å². The van der Waals surface area contributed by atoms with Crippen molar-refractivity contribution in [2.75, 3.05) is 0 Å². The molecule has 9 heterocycles. The van der Waals surface area contributed by atoms with Crippen molar-refractivity contribution in [1.82, 2.24) is 38.2 Å². The fourth-order valence-corrected chi connectivity index (χ4v) is 9.75. The SMILES string of the molecule is Cc1c(C)[n+](C)c(C2=c3ccc([nH]3)=C(c3n(C)c(C)c(C)[n+]3C)c3ccc([nH]3)C(c3n(C)c(C)c(C)[n+]3C)=c3ccc([nH]3)=C(c3n(C)c(C)c(C)[n+]3C)c3ccc2[nH]3)n1C. The topological polar surface area (TPSA) is 98.4 Å². The first-order valence-corrected chi connectivity index (χ1v) is 20.8. The van der Waals surface area contributed by atoms with E-state index in [1.807, 2.05) is 0 Å². The Bertz CT molecular complexity index is 2840. The number of aromatic amines is 4. The summed E-state index contributed by atoms with van der Waals surface area (Å²) >= 11 is 0. The van der Waals surface area contributed by atoms with E-state index in [1.165, 1.54) is 45.6 Å². The molecule has 12 nitrogen and oxygen atoms in total. The predicted octanol–water partition coefficient (Wildman–Crippen LogP) is 1.42. The normalized spacial score (nSPS) is 13.2. The Morgan fingerprint density at radius 3 is 0.683 bits per heavy atom. The molecule has 1 aliphatic heterocycles. The third-order valence-corrected chi connectivity index (χ3v) is 14.5. The largest absolute Gasteiger partial charge is 0.354 e. The summed E-state index contributed by atoms with van der Waals surface area (Å²) in [5, 5.41) is 4.07. The highest BCUT2D eigenvalue weighted by Crippen LogP contribution is 2.28. The molecule has 0 amide bonds. The van der Waals surface area contributed by atoms with E-state index in [2.05, 4.69) is 217 Å². The van der Waals surface area contributed by atoms with Crippen molar-refractivity contribution in [2.45, 2.75) is 55.4 Å². The zero-order valence-corrected chi connectivity index (χ0v) is 38.2. The number of fused-ring (bicyclic) bond motifs is 8. The molecule has 4 N–H and O–H groups in total. The van der Waals surface area contributed by atoms with Gasteiger partial charge in [-0.3, -0.25) is 0 Å². The van der Waals surface area contributed by atoms with Crippen LogP contribution in [0.1, 0.15) is 91.6 Å². The maximum absolute atomic E-state index is 4.00. The second-order valence-electron chi connectivity index (χ2n) is 17.1. The van der Waals surface area contributed by atoms with Crippen molar-refractivity contribution in [1.29, 1.82) is 0 Å². The minimum atomic E-state index is 1.02. The summed E-state index contributed by atoms with van der Waals surface area (Å²) in [5.74, 6) is 4.42. The van der Waals surface area contributed by atoms with Gasteiger partial charge in [0.2, 0.25) is 0 Å². The van der Waals surface area contributed by atoms with Crippen molar-refractivity contribution < 1.29 is 18.3 Å². The number of hydrogen-bond acceptors (Lipinski definition) is 0. The predicted molar refractivity (Wildman–Crippen MR) is 232 cm³/mol. The van der Waals surface area contributed by atoms with E-state index in [0.29, 0.717) is 0 Å². The second-order valence-corrected chi connectivity index (χ2v) is 17.1. The molecular weight excluding hydrogens is 745 g/mol. The smallest absolute Gasteiger partial charge is 0.293 e. The van der Waals surface area contributed by atoms with Crippen molar-refractivity contribution in [2.24, 2.45) is 56.4 Å². The van der Waals surface area contributed by atoms with Crippen LogP contribution in [0.15, 0.2) is 48.5 Å². The summed E-state index contributed by atoms with van der Waals surface area (Å²) in [4.78, 5) is 16.0. The molecule has 8 aromatic rings. The summed E-state index contributed by atoms with van der Waals surface area (Å²) < 4.78 is 18.5. The van der Waals surface area contributed by atoms with Gasteiger partial charge in [0.05, 0.1) is 101 Å². The van der Waals surface area contributed by atoms with Crippen molar-refractivity contribution in [3.63, 3.8) is 0 Å². The van der Waals surface area contributed by atoms with Gasteiger partial charge in [-0.25, -0.2) is 36.5 Å². The van der Waals surface area contributed by atoms with Gasteiger partial charge in [-0.2, -0.15) is 0 Å². The van der Waals surface area contributed by atoms with Gasteiger partial charge < -0.3 is 19.9 Å². The third kappa shape index (κ3) is 5.28. The van der Waals surface area contributed by atoms with Gasteiger partial charge in [-0.15, -0.1) is 0 Å². The molecule has 9 rings (SSSR count). The van der Waals surface area contributed by atoms with E-state index >= 15 is 0 Å². The Labute approximate surface area is 351 Å². The fraction of sp³-hybridized carbons (Fsp3) is 0.333. The Morgan fingerprint density at radius 1 is 0.317 bits per heavy atom. The van der Waals surface area contributed by atoms with Gasteiger partial charge in [-0.05, 0) is 48.5 Å². The monoisotopic (exact) mass is 805 g/mol. The van der Waals surface area contributed by atoms with Gasteiger partial charge in [0, 0.05) is 55.4 Å². The molecular formula is C48H60N12+4. The molecule has 0 fully saturated rings. The maximum atomic E-state index is 4.00. The quantitative estimate of drug-likeness (QED) is 0.194. The number of nitrogens with one attached hydrogen (secondary N) is 4. The molecule has 0 unspecified atom stereocenters. The van der Waals surface area contributed by atoms with Crippen LogP contribution in [0, 0.1) is 55.4 Å². The third-order valence-electron chi connectivity index (χ3n) is 14.5. The molecule has 0 atom stereocenters. The number of hydrogen-bond donors (Lipinski definition) is 4. The lowest BCUT2D eigenvalue weighted by Crippen LogP contribution is -2.38. The Kier molecular flexibility index (Phi) is 8.75. The first-order valence-electron chi connectivity index (χ1n) is 20.8. The molecule has 8 bridgehead atoms. The lowest BCUT2D eigenvalue weighted by Gasteiger charge is -2.07. The number of rotatable bonds is 4. The lowest BCUT2D eigenvalue weighted by molar-refractivity contribution is -0.679. The highest BCUT2D eigenvalue weighted by atomic mass is 15.2. The average Bonchev–Trinajstić information content (AvgIpc) is 4.13. The van der Waals surface area contributed by atoms with E-state index in [9.17, 15) is 0 Å².